The van der Waals surface area contributed by atoms with E-state index in [1.165, 1.54) is 37.4 Å². The zero-order valence-corrected chi connectivity index (χ0v) is 18.2. The van der Waals surface area contributed by atoms with E-state index in [2.05, 4.69) is 5.32 Å². The first-order valence-electron chi connectivity index (χ1n) is 9.30. The zero-order valence-electron chi connectivity index (χ0n) is 16.6. The average Bonchev–Trinajstić information content (AvgIpc) is 2.73. The monoisotopic (exact) mass is 471 g/mol. The van der Waals surface area contributed by atoms with Gasteiger partial charge in [0.05, 0.1) is 17.9 Å². The maximum atomic E-state index is 13.7. The number of carbonyl (C=O) groups excluding carboxylic acids is 1. The van der Waals surface area contributed by atoms with E-state index in [0.717, 1.165) is 16.4 Å². The second-order valence-corrected chi connectivity index (χ2v) is 10.5. The number of nitrogens with one attached hydrogen (secondary N) is 1. The van der Waals surface area contributed by atoms with Gasteiger partial charge < -0.3 is 10.1 Å². The number of primary sulfonamides is 1. The van der Waals surface area contributed by atoms with Gasteiger partial charge in [-0.3, -0.25) is 4.79 Å². The Bertz CT molecular complexity index is 1180. The molecule has 2 aromatic rings. The average molecular weight is 472 g/mol. The van der Waals surface area contributed by atoms with Gasteiger partial charge in [-0.15, -0.1) is 0 Å². The minimum absolute atomic E-state index is 0.0166. The highest BCUT2D eigenvalue weighted by Crippen LogP contribution is 2.30. The van der Waals surface area contributed by atoms with Crippen LogP contribution in [-0.2, 0) is 24.8 Å². The van der Waals surface area contributed by atoms with Crippen molar-refractivity contribution < 1.29 is 30.8 Å². The predicted octanol–water partition coefficient (Wildman–Crippen LogP) is 1.52. The molecule has 1 fully saturated rings. The fourth-order valence-corrected chi connectivity index (χ4v) is 5.54. The summed E-state index contributed by atoms with van der Waals surface area (Å²) in [7, 11) is -6.64. The standard InChI is InChI=1S/C19H22FN3O6S2/c1-29-17-9-4-14(20)11-18(17)31(27,28)23-10-2-3-13(12-23)19(24)22-15-5-7-16(8-6-15)30(21,25)26/h4-9,11,13H,2-3,10,12H2,1H3,(H,22,24)(H2,21,25,26)/t13-/m0/s1. The Morgan fingerprint density at radius 1 is 1.16 bits per heavy atom. The number of nitrogens with zero attached hydrogens (tertiary/aromatic N) is 1. The number of halogens is 1. The number of nitrogens with two attached hydrogens (primary N) is 1. The molecule has 31 heavy (non-hydrogen) atoms. The summed E-state index contributed by atoms with van der Waals surface area (Å²) in [6.07, 6.45) is 0.909. The van der Waals surface area contributed by atoms with E-state index in [9.17, 15) is 26.0 Å². The number of ether oxygens (including phenoxy) is 1. The molecule has 1 atom stereocenters. The molecule has 3 N–H and O–H groups in total. The third-order valence-corrected chi connectivity index (χ3v) is 7.76. The molecule has 168 valence electrons. The Kier molecular flexibility index (Phi) is 6.65. The van der Waals surface area contributed by atoms with Gasteiger partial charge in [0.1, 0.15) is 16.5 Å². The largest absolute Gasteiger partial charge is 0.495 e. The minimum atomic E-state index is -4.08. The lowest BCUT2D eigenvalue weighted by molar-refractivity contribution is -0.120. The summed E-state index contributed by atoms with van der Waals surface area (Å²) in [4.78, 5) is 12.3. The predicted molar refractivity (Wildman–Crippen MR) is 111 cm³/mol. The highest BCUT2D eigenvalue weighted by atomic mass is 32.2. The third kappa shape index (κ3) is 5.21. The Morgan fingerprint density at radius 2 is 1.84 bits per heavy atom. The lowest BCUT2D eigenvalue weighted by Crippen LogP contribution is -2.43. The van der Waals surface area contributed by atoms with Gasteiger partial charge >= 0.3 is 0 Å². The van der Waals surface area contributed by atoms with E-state index in [0.29, 0.717) is 18.5 Å². The van der Waals surface area contributed by atoms with Crippen molar-refractivity contribution in [3.05, 3.63) is 48.3 Å². The summed E-state index contributed by atoms with van der Waals surface area (Å²) < 4.78 is 68.6. The molecule has 1 heterocycles. The number of hydrogen-bond acceptors (Lipinski definition) is 6. The lowest BCUT2D eigenvalue weighted by atomic mass is 9.99. The van der Waals surface area contributed by atoms with Crippen LogP contribution in [0.25, 0.3) is 0 Å². The number of sulfonamides is 2. The van der Waals surface area contributed by atoms with Gasteiger partial charge in [0.2, 0.25) is 26.0 Å². The van der Waals surface area contributed by atoms with Gasteiger partial charge in [-0.05, 0) is 55.3 Å². The molecule has 0 unspecified atom stereocenters. The first kappa shape index (κ1) is 23.1. The molecule has 0 bridgehead atoms. The molecule has 0 aromatic heterocycles. The van der Waals surface area contributed by atoms with Gasteiger partial charge in [0, 0.05) is 18.8 Å². The van der Waals surface area contributed by atoms with E-state index in [1.54, 1.807) is 0 Å². The molecule has 1 aliphatic heterocycles. The molecule has 0 saturated carbocycles. The van der Waals surface area contributed by atoms with E-state index < -0.39 is 37.7 Å². The topological polar surface area (TPSA) is 136 Å². The zero-order chi connectivity index (χ0) is 22.8. The molecule has 3 rings (SSSR count). The second kappa shape index (κ2) is 8.91. The maximum Gasteiger partial charge on any atom is 0.246 e. The van der Waals surface area contributed by atoms with Crippen LogP contribution in [0.15, 0.2) is 52.3 Å². The Morgan fingerprint density at radius 3 is 2.45 bits per heavy atom. The summed E-state index contributed by atoms with van der Waals surface area (Å²) in [6, 6.07) is 8.55. The highest BCUT2D eigenvalue weighted by molar-refractivity contribution is 7.89. The molecule has 0 radical (unpaired) electrons. The molecule has 12 heteroatoms. The van der Waals surface area contributed by atoms with Gasteiger partial charge in [-0.1, -0.05) is 0 Å². The van der Waals surface area contributed by atoms with Crippen LogP contribution in [0.3, 0.4) is 0 Å². The van der Waals surface area contributed by atoms with Gasteiger partial charge in [-0.25, -0.2) is 26.4 Å². The Labute approximate surface area is 180 Å². The van der Waals surface area contributed by atoms with E-state index >= 15 is 0 Å². The number of benzene rings is 2. The van der Waals surface area contributed by atoms with Crippen molar-refractivity contribution in [3.63, 3.8) is 0 Å². The minimum Gasteiger partial charge on any atom is -0.495 e. The fourth-order valence-electron chi connectivity index (χ4n) is 3.34. The summed E-state index contributed by atoms with van der Waals surface area (Å²) in [5, 5.41) is 7.70. The van der Waals surface area contributed by atoms with Crippen LogP contribution in [-0.4, -0.2) is 47.2 Å². The van der Waals surface area contributed by atoms with Crippen molar-refractivity contribution in [1.82, 2.24) is 4.31 Å². The molecular weight excluding hydrogens is 449 g/mol. The summed E-state index contributed by atoms with van der Waals surface area (Å²) in [5.41, 5.74) is 0.351. The number of hydrogen-bond donors (Lipinski definition) is 2. The van der Waals surface area contributed by atoms with Crippen LogP contribution in [0.2, 0.25) is 0 Å². The fraction of sp³-hybridized carbons (Fsp3) is 0.316. The number of carbonyl (C=O) groups is 1. The lowest BCUT2D eigenvalue weighted by Gasteiger charge is -2.31. The number of anilines is 1. The van der Waals surface area contributed by atoms with Crippen molar-refractivity contribution >= 4 is 31.6 Å². The number of piperidine rings is 1. The smallest absolute Gasteiger partial charge is 0.246 e. The van der Waals surface area contributed by atoms with Crippen LogP contribution in [0.1, 0.15) is 12.8 Å². The van der Waals surface area contributed by atoms with Crippen LogP contribution < -0.4 is 15.2 Å². The molecule has 0 spiro atoms. The number of methoxy groups -OCH3 is 1. The third-order valence-electron chi connectivity index (χ3n) is 4.95. The van der Waals surface area contributed by atoms with Crippen molar-refractivity contribution in [2.24, 2.45) is 11.1 Å². The van der Waals surface area contributed by atoms with E-state index in [4.69, 9.17) is 9.88 Å². The van der Waals surface area contributed by atoms with Crippen LogP contribution >= 0.6 is 0 Å². The van der Waals surface area contributed by atoms with Gasteiger partial charge in [-0.2, -0.15) is 4.31 Å². The molecule has 9 nitrogen and oxygen atoms in total. The van der Waals surface area contributed by atoms with Crippen LogP contribution in [0.5, 0.6) is 5.75 Å². The second-order valence-electron chi connectivity index (χ2n) is 7.06. The van der Waals surface area contributed by atoms with Crippen molar-refractivity contribution in [1.29, 1.82) is 0 Å². The molecule has 1 amide bonds. The van der Waals surface area contributed by atoms with Gasteiger partial charge in [0.15, 0.2) is 0 Å². The van der Waals surface area contributed by atoms with Crippen LogP contribution in [0, 0.1) is 11.7 Å². The van der Waals surface area contributed by atoms with Crippen molar-refractivity contribution in [2.45, 2.75) is 22.6 Å². The highest BCUT2D eigenvalue weighted by Gasteiger charge is 2.35. The van der Waals surface area contributed by atoms with Crippen molar-refractivity contribution in [2.75, 3.05) is 25.5 Å². The molecule has 2 aromatic carbocycles. The molecule has 1 aliphatic rings. The SMILES string of the molecule is COc1ccc(F)cc1S(=O)(=O)N1CCC[C@H](C(=O)Nc2ccc(S(N)(=O)=O)cc2)C1. The van der Waals surface area contributed by atoms with Gasteiger partial charge in [0.25, 0.3) is 0 Å². The molecule has 0 aliphatic carbocycles. The summed E-state index contributed by atoms with van der Waals surface area (Å²) in [5.74, 6) is -1.74. The normalized spacial score (nSPS) is 17.8. The first-order valence-corrected chi connectivity index (χ1v) is 12.3. The summed E-state index contributed by atoms with van der Waals surface area (Å²) >= 11 is 0. The van der Waals surface area contributed by atoms with E-state index in [-0.39, 0.29) is 28.6 Å². The Hall–Kier alpha value is -2.54. The number of amides is 1. The van der Waals surface area contributed by atoms with Crippen molar-refractivity contribution in [3.8, 4) is 5.75 Å². The first-order chi connectivity index (χ1) is 14.5. The molecular formula is C19H22FN3O6S2. The summed E-state index contributed by atoms with van der Waals surface area (Å²) in [6.45, 7) is 0.109. The number of rotatable bonds is 6. The molecule has 1 saturated heterocycles. The maximum absolute atomic E-state index is 13.7. The van der Waals surface area contributed by atoms with Crippen LogP contribution in [0.4, 0.5) is 10.1 Å². The quantitative estimate of drug-likeness (QED) is 0.656. The van der Waals surface area contributed by atoms with E-state index in [1.807, 2.05) is 0 Å². The Balaban J connectivity index is 1.75.